The number of ether oxygens (including phenoxy) is 1. The van der Waals surface area contributed by atoms with Gasteiger partial charge in [-0.15, -0.1) is 0 Å². The number of carbonyl (C=O) groups is 1. The van der Waals surface area contributed by atoms with Crippen molar-refractivity contribution in [3.8, 4) is 5.75 Å². The van der Waals surface area contributed by atoms with Crippen molar-refractivity contribution in [2.75, 3.05) is 7.05 Å². The molecule has 3 aromatic carbocycles. The number of hydrogen-bond acceptors (Lipinski definition) is 5. The fourth-order valence-electron chi connectivity index (χ4n) is 3.24. The summed E-state index contributed by atoms with van der Waals surface area (Å²) in [4.78, 5) is 11.5. The Hall–Kier alpha value is -2.94. The summed E-state index contributed by atoms with van der Waals surface area (Å²) >= 11 is 0. The number of quaternary nitrogens is 1. The lowest BCUT2D eigenvalue weighted by molar-refractivity contribution is 0.0885. The molecule has 0 bridgehead atoms. The molecular weight excluding hydrogens is 394 g/mol. The van der Waals surface area contributed by atoms with Crippen molar-refractivity contribution < 1.29 is 27.6 Å². The van der Waals surface area contributed by atoms with E-state index in [9.17, 15) is 22.9 Å². The Morgan fingerprint density at radius 1 is 1.07 bits per heavy atom. The van der Waals surface area contributed by atoms with Crippen molar-refractivity contribution in [3.63, 3.8) is 0 Å². The lowest BCUT2D eigenvalue weighted by Crippen LogP contribution is -2.54. The predicted octanol–water partition coefficient (Wildman–Crippen LogP) is 4.09. The molecule has 0 fully saturated rings. The van der Waals surface area contributed by atoms with Crippen LogP contribution in [0.5, 0.6) is 5.75 Å². The van der Waals surface area contributed by atoms with Gasteiger partial charge in [0.15, 0.2) is 11.4 Å². The maximum atomic E-state index is 11.6. The van der Waals surface area contributed by atoms with Crippen LogP contribution >= 0.6 is 0 Å². The molecule has 0 saturated carbocycles. The molecule has 1 heterocycles. The highest BCUT2D eigenvalue weighted by Crippen LogP contribution is 2.46. The normalized spacial score (nSPS) is 20.3. The second kappa shape index (κ2) is 7.47. The van der Waals surface area contributed by atoms with Gasteiger partial charge in [0.05, 0.1) is 11.9 Å². The lowest BCUT2D eigenvalue weighted by Gasteiger charge is -2.25. The van der Waals surface area contributed by atoms with Gasteiger partial charge in [0.1, 0.15) is 10.1 Å². The maximum absolute atomic E-state index is 11.6. The summed E-state index contributed by atoms with van der Waals surface area (Å²) in [5.74, 6) is 0.658. The van der Waals surface area contributed by atoms with Crippen LogP contribution in [0.1, 0.15) is 12.5 Å². The van der Waals surface area contributed by atoms with Crippen LogP contribution in [-0.2, 0) is 10.1 Å². The molecule has 1 aliphatic heterocycles. The molecule has 0 aliphatic carbocycles. The van der Waals surface area contributed by atoms with Gasteiger partial charge < -0.3 is 14.4 Å². The minimum absolute atomic E-state index is 0.178. The van der Waals surface area contributed by atoms with Crippen LogP contribution in [0.25, 0.3) is 10.8 Å². The van der Waals surface area contributed by atoms with Crippen molar-refractivity contribution in [2.45, 2.75) is 25.0 Å². The summed E-state index contributed by atoms with van der Waals surface area (Å²) in [5.41, 5.74) is 1.66. The summed E-state index contributed by atoms with van der Waals surface area (Å²) in [5, 5.41) is 11.5. The van der Waals surface area contributed by atoms with Gasteiger partial charge in [0.2, 0.25) is 6.23 Å². The first kappa shape index (κ1) is 20.8. The molecule has 1 aliphatic rings. The largest absolute Gasteiger partial charge is 0.744 e. The highest BCUT2D eigenvalue weighted by Gasteiger charge is 2.50. The van der Waals surface area contributed by atoms with E-state index in [1.165, 1.54) is 12.1 Å². The molecule has 8 heteroatoms. The molecule has 3 aromatic rings. The van der Waals surface area contributed by atoms with Crippen LogP contribution in [-0.4, -0.2) is 37.4 Å². The number of aryl methyl sites for hydroxylation is 1. The van der Waals surface area contributed by atoms with E-state index in [1.807, 2.05) is 43.3 Å². The number of amides is 1. The van der Waals surface area contributed by atoms with Crippen molar-refractivity contribution in [3.05, 3.63) is 66.2 Å². The second-order valence-electron chi connectivity index (χ2n) is 6.98. The third kappa shape index (κ3) is 3.82. The van der Waals surface area contributed by atoms with Crippen LogP contribution in [0.3, 0.4) is 0 Å². The van der Waals surface area contributed by atoms with Crippen molar-refractivity contribution in [1.82, 2.24) is 4.48 Å². The van der Waals surface area contributed by atoms with Gasteiger partial charge in [0.25, 0.3) is 0 Å². The first-order valence-electron chi connectivity index (χ1n) is 8.86. The Balaban J connectivity index is 0.000000188. The topological polar surface area (TPSA) is 104 Å². The summed E-state index contributed by atoms with van der Waals surface area (Å²) in [6.45, 7) is 3.60. The average Bonchev–Trinajstić information content (AvgIpc) is 2.94. The monoisotopic (exact) mass is 415 g/mol. The summed E-state index contributed by atoms with van der Waals surface area (Å²) in [6.07, 6.45) is -1.33. The van der Waals surface area contributed by atoms with Crippen LogP contribution < -0.4 is 9.22 Å². The van der Waals surface area contributed by atoms with E-state index in [2.05, 4.69) is 0 Å². The minimum atomic E-state index is -4.27. The first-order chi connectivity index (χ1) is 13.5. The Labute approximate surface area is 169 Å². The third-order valence-corrected chi connectivity index (χ3v) is 5.91. The van der Waals surface area contributed by atoms with E-state index in [0.717, 1.165) is 22.0 Å². The zero-order chi connectivity index (χ0) is 21.4. The number of hydrogen-bond donors (Lipinski definition) is 1. The number of rotatable bonds is 1. The van der Waals surface area contributed by atoms with E-state index in [-0.39, 0.29) is 9.38 Å². The van der Waals surface area contributed by atoms with E-state index in [1.54, 1.807) is 26.1 Å². The number of carboxylic acid groups (broad SMARTS) is 1. The van der Waals surface area contributed by atoms with Crippen LogP contribution in [0.2, 0.25) is 0 Å². The van der Waals surface area contributed by atoms with Gasteiger partial charge in [0, 0.05) is 12.3 Å². The lowest BCUT2D eigenvalue weighted by atomic mass is 10.1. The zero-order valence-electron chi connectivity index (χ0n) is 16.2. The van der Waals surface area contributed by atoms with Gasteiger partial charge in [-0.3, -0.25) is 0 Å². The summed E-state index contributed by atoms with van der Waals surface area (Å²) < 4.78 is 36.6. The SMILES string of the molecule is CC1Oc2ccc3ccccc3c2[N+]1(C)C(=O)O.Cc1ccc(S(=O)(=O)[O-])cc1. The molecule has 7 nitrogen and oxygen atoms in total. The first-order valence-corrected chi connectivity index (χ1v) is 10.3. The second-order valence-corrected chi connectivity index (χ2v) is 8.36. The third-order valence-electron chi connectivity index (χ3n) is 5.06. The highest BCUT2D eigenvalue weighted by molar-refractivity contribution is 7.85. The Bertz CT molecular complexity index is 1170. The fourth-order valence-corrected chi connectivity index (χ4v) is 3.71. The molecule has 0 spiro atoms. The Morgan fingerprint density at radius 3 is 2.28 bits per heavy atom. The molecule has 0 saturated heterocycles. The molecule has 1 amide bonds. The van der Waals surface area contributed by atoms with Crippen LogP contribution in [0.4, 0.5) is 10.5 Å². The molecule has 1 N–H and O–H groups in total. The van der Waals surface area contributed by atoms with Gasteiger partial charge in [-0.05, 0) is 36.6 Å². The highest BCUT2D eigenvalue weighted by atomic mass is 32.2. The summed E-state index contributed by atoms with van der Waals surface area (Å²) in [7, 11) is -2.60. The quantitative estimate of drug-likeness (QED) is 0.474. The molecule has 29 heavy (non-hydrogen) atoms. The van der Waals surface area contributed by atoms with Gasteiger partial charge >= 0.3 is 6.09 Å². The standard InChI is InChI=1S/C14H13NO3.C7H8O3S/c1-9-15(2,14(16)17)13-11-6-4-3-5-10(11)7-8-12(13)18-9;1-6-2-4-7(5-3-6)11(8,9)10/h3-9H,1-2H3;2-5H,1H3,(H,8,9,10). The van der Waals surface area contributed by atoms with E-state index >= 15 is 0 Å². The molecule has 0 radical (unpaired) electrons. The number of fused-ring (bicyclic) bond motifs is 3. The molecule has 152 valence electrons. The van der Waals surface area contributed by atoms with Crippen LogP contribution in [0.15, 0.2) is 65.6 Å². The number of benzene rings is 3. The van der Waals surface area contributed by atoms with Crippen LogP contribution in [0, 0.1) is 6.92 Å². The molecule has 4 rings (SSSR count). The van der Waals surface area contributed by atoms with E-state index in [4.69, 9.17) is 4.74 Å². The van der Waals surface area contributed by atoms with Crippen molar-refractivity contribution in [2.24, 2.45) is 0 Å². The number of nitrogens with zero attached hydrogens (tertiary/aromatic N) is 1. The molecular formula is C21H21NO6S. The maximum Gasteiger partial charge on any atom is 0.521 e. The average molecular weight is 415 g/mol. The molecule has 0 aromatic heterocycles. The van der Waals surface area contributed by atoms with Gasteiger partial charge in [-0.2, -0.15) is 9.28 Å². The van der Waals surface area contributed by atoms with E-state index < -0.39 is 22.4 Å². The van der Waals surface area contributed by atoms with Gasteiger partial charge in [-0.1, -0.05) is 42.0 Å². The van der Waals surface area contributed by atoms with Crippen molar-refractivity contribution >= 4 is 32.7 Å². The van der Waals surface area contributed by atoms with E-state index in [0.29, 0.717) is 5.75 Å². The minimum Gasteiger partial charge on any atom is -0.744 e. The predicted molar refractivity (Wildman–Crippen MR) is 109 cm³/mol. The molecule has 2 unspecified atom stereocenters. The Kier molecular flexibility index (Phi) is 5.36. The van der Waals surface area contributed by atoms with Gasteiger partial charge in [-0.25, -0.2) is 8.42 Å². The smallest absolute Gasteiger partial charge is 0.521 e. The molecule has 2 atom stereocenters. The Morgan fingerprint density at radius 2 is 1.69 bits per heavy atom. The van der Waals surface area contributed by atoms with Crippen molar-refractivity contribution in [1.29, 1.82) is 0 Å². The summed E-state index contributed by atoms with van der Waals surface area (Å²) in [6, 6.07) is 17.4. The fraction of sp³-hybridized carbons (Fsp3) is 0.190. The zero-order valence-corrected chi connectivity index (χ0v) is 17.0.